The van der Waals surface area contributed by atoms with Crippen molar-refractivity contribution in [2.75, 3.05) is 7.05 Å². The van der Waals surface area contributed by atoms with Gasteiger partial charge in [-0.1, -0.05) is 30.3 Å². The van der Waals surface area contributed by atoms with Crippen LogP contribution in [-0.2, 0) is 9.59 Å². The van der Waals surface area contributed by atoms with Crippen molar-refractivity contribution in [1.29, 1.82) is 0 Å². The standard InChI is InChI=1S/C11H11N3O2/c1-12-11-13-9(15)8(10(16)14-11)7-5-3-2-4-6-7/h2-6,8H,1H3,(H2,12,13,14,15,16). The van der Waals surface area contributed by atoms with Crippen LogP contribution in [0.5, 0.6) is 0 Å². The van der Waals surface area contributed by atoms with Gasteiger partial charge in [-0.3, -0.25) is 25.2 Å². The molecule has 0 unspecified atom stereocenters. The number of hydrogen-bond donors (Lipinski definition) is 2. The first-order chi connectivity index (χ1) is 7.72. The van der Waals surface area contributed by atoms with E-state index in [0.29, 0.717) is 5.56 Å². The number of hydrogen-bond acceptors (Lipinski definition) is 3. The van der Waals surface area contributed by atoms with E-state index in [4.69, 9.17) is 0 Å². The summed E-state index contributed by atoms with van der Waals surface area (Å²) in [6.45, 7) is 0. The monoisotopic (exact) mass is 217 g/mol. The number of nitrogens with one attached hydrogen (secondary N) is 2. The minimum atomic E-state index is -0.799. The Morgan fingerprint density at radius 2 is 1.62 bits per heavy atom. The molecule has 0 bridgehead atoms. The van der Waals surface area contributed by atoms with Crippen molar-refractivity contribution in [3.8, 4) is 0 Å². The summed E-state index contributed by atoms with van der Waals surface area (Å²) in [5, 5.41) is 5.05. The molecule has 2 rings (SSSR count). The van der Waals surface area contributed by atoms with Gasteiger partial charge in [0, 0.05) is 7.05 Å². The SMILES string of the molecule is CN=C1NC(=O)C(c2ccccc2)C(=O)N1. The van der Waals surface area contributed by atoms with E-state index in [2.05, 4.69) is 15.6 Å². The molecule has 82 valence electrons. The van der Waals surface area contributed by atoms with Crippen LogP contribution in [0.25, 0.3) is 0 Å². The van der Waals surface area contributed by atoms with E-state index in [1.807, 2.05) is 6.07 Å². The molecule has 0 aliphatic carbocycles. The highest BCUT2D eigenvalue weighted by atomic mass is 16.2. The average Bonchev–Trinajstić information content (AvgIpc) is 2.29. The molecule has 0 atom stereocenters. The maximum absolute atomic E-state index is 11.7. The van der Waals surface area contributed by atoms with Crippen molar-refractivity contribution in [2.45, 2.75) is 5.92 Å². The molecule has 0 spiro atoms. The number of guanidine groups is 1. The van der Waals surface area contributed by atoms with Crippen molar-refractivity contribution in [1.82, 2.24) is 10.6 Å². The van der Waals surface area contributed by atoms with E-state index in [-0.39, 0.29) is 17.8 Å². The zero-order valence-electron chi connectivity index (χ0n) is 8.73. The Morgan fingerprint density at radius 1 is 1.06 bits per heavy atom. The molecular formula is C11H11N3O2. The fourth-order valence-electron chi connectivity index (χ4n) is 1.59. The van der Waals surface area contributed by atoms with E-state index >= 15 is 0 Å². The maximum atomic E-state index is 11.7. The Hall–Kier alpha value is -2.17. The van der Waals surface area contributed by atoms with Gasteiger partial charge in [-0.05, 0) is 5.56 Å². The summed E-state index contributed by atoms with van der Waals surface area (Å²) in [6, 6.07) is 8.91. The second-order valence-electron chi connectivity index (χ2n) is 3.39. The zero-order chi connectivity index (χ0) is 11.5. The highest BCUT2D eigenvalue weighted by Crippen LogP contribution is 2.17. The van der Waals surface area contributed by atoms with Crippen LogP contribution in [-0.4, -0.2) is 24.8 Å². The first-order valence-corrected chi connectivity index (χ1v) is 4.86. The summed E-state index contributed by atoms with van der Waals surface area (Å²) < 4.78 is 0. The van der Waals surface area contributed by atoms with Gasteiger partial charge in [0.25, 0.3) is 0 Å². The van der Waals surface area contributed by atoms with Gasteiger partial charge >= 0.3 is 0 Å². The maximum Gasteiger partial charge on any atom is 0.243 e. The summed E-state index contributed by atoms with van der Waals surface area (Å²) >= 11 is 0. The molecule has 16 heavy (non-hydrogen) atoms. The number of rotatable bonds is 1. The number of aliphatic imine (C=N–C) groups is 1. The van der Waals surface area contributed by atoms with Crippen LogP contribution in [0.1, 0.15) is 11.5 Å². The summed E-state index contributed by atoms with van der Waals surface area (Å²) in [6.07, 6.45) is 0. The molecule has 1 aromatic carbocycles. The second-order valence-corrected chi connectivity index (χ2v) is 3.39. The van der Waals surface area contributed by atoms with Crippen molar-refractivity contribution < 1.29 is 9.59 Å². The van der Waals surface area contributed by atoms with Gasteiger partial charge in [-0.25, -0.2) is 0 Å². The van der Waals surface area contributed by atoms with E-state index in [0.717, 1.165) is 0 Å². The number of amides is 2. The molecular weight excluding hydrogens is 206 g/mol. The van der Waals surface area contributed by atoms with Gasteiger partial charge in [0.2, 0.25) is 17.8 Å². The van der Waals surface area contributed by atoms with Gasteiger partial charge in [-0.2, -0.15) is 0 Å². The molecule has 2 N–H and O–H groups in total. The molecule has 5 heteroatoms. The largest absolute Gasteiger partial charge is 0.295 e. The predicted molar refractivity (Wildman–Crippen MR) is 58.8 cm³/mol. The molecule has 2 amide bonds. The Balaban J connectivity index is 2.30. The van der Waals surface area contributed by atoms with Crippen LogP contribution in [0.3, 0.4) is 0 Å². The van der Waals surface area contributed by atoms with Gasteiger partial charge in [0.1, 0.15) is 5.92 Å². The molecule has 1 fully saturated rings. The summed E-state index contributed by atoms with van der Waals surface area (Å²) in [5.41, 5.74) is 0.674. The van der Waals surface area contributed by atoms with Gasteiger partial charge in [0.15, 0.2) is 0 Å². The first-order valence-electron chi connectivity index (χ1n) is 4.86. The Kier molecular flexibility index (Phi) is 2.68. The molecule has 1 heterocycles. The molecule has 1 aromatic rings. The van der Waals surface area contributed by atoms with Crippen LogP contribution in [0.2, 0.25) is 0 Å². The quantitative estimate of drug-likeness (QED) is 0.650. The molecule has 0 radical (unpaired) electrons. The molecule has 5 nitrogen and oxygen atoms in total. The molecule has 1 aliphatic heterocycles. The topological polar surface area (TPSA) is 70.6 Å². The summed E-state index contributed by atoms with van der Waals surface area (Å²) in [4.78, 5) is 27.2. The lowest BCUT2D eigenvalue weighted by Crippen LogP contribution is -2.55. The van der Waals surface area contributed by atoms with Crippen LogP contribution < -0.4 is 10.6 Å². The number of carbonyl (C=O) groups is 2. The van der Waals surface area contributed by atoms with Gasteiger partial charge < -0.3 is 0 Å². The number of carbonyl (C=O) groups excluding carboxylic acids is 2. The third kappa shape index (κ3) is 1.79. The van der Waals surface area contributed by atoms with E-state index < -0.39 is 5.92 Å². The predicted octanol–water partition coefficient (Wildman–Crippen LogP) is 0.00200. The van der Waals surface area contributed by atoms with Crippen LogP contribution in [0.15, 0.2) is 35.3 Å². The van der Waals surface area contributed by atoms with E-state index in [9.17, 15) is 9.59 Å². The molecule has 1 aliphatic rings. The summed E-state index contributed by atoms with van der Waals surface area (Å²) in [7, 11) is 1.50. The lowest BCUT2D eigenvalue weighted by molar-refractivity contribution is -0.131. The van der Waals surface area contributed by atoms with Crippen LogP contribution in [0, 0.1) is 0 Å². The van der Waals surface area contributed by atoms with E-state index in [1.165, 1.54) is 7.05 Å². The van der Waals surface area contributed by atoms with Gasteiger partial charge in [-0.15, -0.1) is 0 Å². The fourth-order valence-corrected chi connectivity index (χ4v) is 1.59. The molecule has 1 saturated heterocycles. The minimum absolute atomic E-state index is 0.196. The highest BCUT2D eigenvalue weighted by molar-refractivity contribution is 6.20. The van der Waals surface area contributed by atoms with E-state index in [1.54, 1.807) is 24.3 Å². The summed E-state index contributed by atoms with van der Waals surface area (Å²) in [5.74, 6) is -1.31. The lowest BCUT2D eigenvalue weighted by atomic mass is 9.96. The first kappa shape index (κ1) is 10.4. The van der Waals surface area contributed by atoms with Gasteiger partial charge in [0.05, 0.1) is 0 Å². The Morgan fingerprint density at radius 3 is 2.12 bits per heavy atom. The second kappa shape index (κ2) is 4.14. The highest BCUT2D eigenvalue weighted by Gasteiger charge is 2.33. The third-order valence-corrected chi connectivity index (χ3v) is 2.36. The van der Waals surface area contributed by atoms with Crippen LogP contribution in [0.4, 0.5) is 0 Å². The normalized spacial score (nSPS) is 20.1. The number of nitrogens with zero attached hydrogens (tertiary/aromatic N) is 1. The number of benzene rings is 1. The van der Waals surface area contributed by atoms with Crippen molar-refractivity contribution in [3.63, 3.8) is 0 Å². The smallest absolute Gasteiger partial charge is 0.243 e. The molecule has 0 aromatic heterocycles. The lowest BCUT2D eigenvalue weighted by Gasteiger charge is -2.23. The Labute approximate surface area is 92.6 Å². The Bertz CT molecular complexity index is 434. The van der Waals surface area contributed by atoms with Crippen molar-refractivity contribution in [3.05, 3.63) is 35.9 Å². The van der Waals surface area contributed by atoms with Crippen molar-refractivity contribution >= 4 is 17.8 Å². The molecule has 0 saturated carbocycles. The minimum Gasteiger partial charge on any atom is -0.295 e. The van der Waals surface area contributed by atoms with Crippen molar-refractivity contribution in [2.24, 2.45) is 4.99 Å². The third-order valence-electron chi connectivity index (χ3n) is 2.36. The fraction of sp³-hybridized carbons (Fsp3) is 0.182. The van der Waals surface area contributed by atoms with Crippen LogP contribution >= 0.6 is 0 Å². The zero-order valence-corrected chi connectivity index (χ0v) is 8.73. The average molecular weight is 217 g/mol.